The summed E-state index contributed by atoms with van der Waals surface area (Å²) in [7, 11) is -3.20. The molecule has 1 saturated heterocycles. The Hall–Kier alpha value is -1.58. The van der Waals surface area contributed by atoms with Crippen LogP contribution in [0, 0.1) is 11.3 Å². The van der Waals surface area contributed by atoms with Gasteiger partial charge in [0.25, 0.3) is 0 Å². The number of nitrogens with zero attached hydrogens (tertiary/aromatic N) is 1. The Balaban J connectivity index is 2.04. The lowest BCUT2D eigenvalue weighted by Crippen LogP contribution is -2.29. The Morgan fingerprint density at radius 3 is 2.50 bits per heavy atom. The average Bonchev–Trinajstić information content (AvgIpc) is 2.55. The summed E-state index contributed by atoms with van der Waals surface area (Å²) in [4.78, 5) is 0. The quantitative estimate of drug-likeness (QED) is 0.850. The number of hydrogen-bond donors (Lipinski definition) is 1. The summed E-state index contributed by atoms with van der Waals surface area (Å²) >= 11 is 0. The smallest absolute Gasteiger partial charge is 0.156 e. The number of hydrogen-bond acceptors (Lipinski definition) is 5. The van der Waals surface area contributed by atoms with Crippen LogP contribution < -0.4 is 4.74 Å². The fourth-order valence-electron chi connectivity index (χ4n) is 1.86. The van der Waals surface area contributed by atoms with Crippen molar-refractivity contribution >= 4 is 9.84 Å². The minimum absolute atomic E-state index is 0.159. The summed E-state index contributed by atoms with van der Waals surface area (Å²) in [6.45, 7) is 0. The number of ether oxygens (including phenoxy) is 1. The van der Waals surface area contributed by atoms with E-state index in [0.717, 1.165) is 5.56 Å². The molecular weight excluding hydrogens is 254 g/mol. The summed E-state index contributed by atoms with van der Waals surface area (Å²) in [5, 5.41) is 18.1. The van der Waals surface area contributed by atoms with E-state index >= 15 is 0 Å². The van der Waals surface area contributed by atoms with E-state index in [-0.39, 0.29) is 11.5 Å². The van der Waals surface area contributed by atoms with Gasteiger partial charge in [-0.1, -0.05) is 12.1 Å². The molecule has 0 aliphatic carbocycles. The highest BCUT2D eigenvalue weighted by molar-refractivity contribution is 7.91. The van der Waals surface area contributed by atoms with E-state index in [9.17, 15) is 13.5 Å². The van der Waals surface area contributed by atoms with Crippen LogP contribution in [0.15, 0.2) is 24.3 Å². The van der Waals surface area contributed by atoms with Crippen LogP contribution in [0.5, 0.6) is 5.75 Å². The molecule has 0 saturated carbocycles. The lowest BCUT2D eigenvalue weighted by molar-refractivity contribution is 0.0738. The van der Waals surface area contributed by atoms with Gasteiger partial charge in [-0.05, 0) is 17.7 Å². The van der Waals surface area contributed by atoms with Crippen LogP contribution in [0.25, 0.3) is 0 Å². The lowest BCUT2D eigenvalue weighted by Gasteiger charge is -2.15. The first-order valence-corrected chi connectivity index (χ1v) is 7.33. The Labute approximate surface area is 106 Å². The van der Waals surface area contributed by atoms with Gasteiger partial charge in [-0.25, -0.2) is 8.42 Å². The molecule has 2 atom stereocenters. The number of aliphatic hydroxyl groups is 1. The molecule has 0 aromatic heterocycles. The molecule has 1 N–H and O–H groups in total. The normalized spacial score (nSPS) is 25.6. The van der Waals surface area contributed by atoms with Crippen LogP contribution in [-0.4, -0.2) is 37.2 Å². The number of sulfone groups is 1. The molecule has 96 valence electrons. The molecule has 5 nitrogen and oxygen atoms in total. The fourth-order valence-corrected chi connectivity index (χ4v) is 3.52. The summed E-state index contributed by atoms with van der Waals surface area (Å²) < 4.78 is 28.1. The van der Waals surface area contributed by atoms with Crippen LogP contribution in [-0.2, 0) is 16.3 Å². The summed E-state index contributed by atoms with van der Waals surface area (Å²) in [6, 6.07) is 8.87. The topological polar surface area (TPSA) is 87.4 Å². The minimum atomic E-state index is -3.20. The van der Waals surface area contributed by atoms with Crippen LogP contribution in [0.3, 0.4) is 0 Å². The maximum Gasteiger partial charge on any atom is 0.156 e. The Morgan fingerprint density at radius 2 is 2.00 bits per heavy atom. The van der Waals surface area contributed by atoms with Crippen molar-refractivity contribution in [1.82, 2.24) is 0 Å². The van der Waals surface area contributed by atoms with Gasteiger partial charge in [0.05, 0.1) is 24.0 Å². The van der Waals surface area contributed by atoms with Crippen LogP contribution in [0.4, 0.5) is 0 Å². The molecule has 18 heavy (non-hydrogen) atoms. The highest BCUT2D eigenvalue weighted by atomic mass is 32.2. The molecule has 1 aromatic rings. The first-order chi connectivity index (χ1) is 8.50. The van der Waals surface area contributed by atoms with Gasteiger partial charge in [-0.2, -0.15) is 5.26 Å². The third-order valence-electron chi connectivity index (χ3n) is 2.77. The molecule has 0 bridgehead atoms. The van der Waals surface area contributed by atoms with Crippen molar-refractivity contribution in [2.24, 2.45) is 0 Å². The van der Waals surface area contributed by atoms with Gasteiger partial charge >= 0.3 is 0 Å². The van der Waals surface area contributed by atoms with Crippen LogP contribution >= 0.6 is 0 Å². The first kappa shape index (κ1) is 12.9. The molecule has 0 amide bonds. The predicted molar refractivity (Wildman–Crippen MR) is 64.8 cm³/mol. The number of rotatable bonds is 3. The van der Waals surface area contributed by atoms with Crippen LogP contribution in [0.2, 0.25) is 0 Å². The van der Waals surface area contributed by atoms with Crippen molar-refractivity contribution in [2.75, 3.05) is 11.5 Å². The van der Waals surface area contributed by atoms with E-state index in [1.165, 1.54) is 0 Å². The third kappa shape index (κ3) is 3.00. The zero-order valence-corrected chi connectivity index (χ0v) is 10.4. The Bertz CT molecular complexity index is 559. The SMILES string of the molecule is N#CCc1ccc(OC2CS(=O)(=O)CC2O)cc1. The summed E-state index contributed by atoms with van der Waals surface area (Å²) in [5.74, 6) is 0.0935. The molecule has 0 radical (unpaired) electrons. The molecule has 1 aromatic carbocycles. The van der Waals surface area contributed by atoms with Crippen molar-refractivity contribution in [3.05, 3.63) is 29.8 Å². The largest absolute Gasteiger partial charge is 0.487 e. The second-order valence-corrected chi connectivity index (χ2v) is 6.43. The van der Waals surface area contributed by atoms with Crippen molar-refractivity contribution < 1.29 is 18.3 Å². The molecule has 2 unspecified atom stereocenters. The Morgan fingerprint density at radius 1 is 1.33 bits per heavy atom. The molecule has 2 rings (SSSR count). The van der Waals surface area contributed by atoms with Gasteiger partial charge in [0.1, 0.15) is 18.0 Å². The standard InChI is InChI=1S/C12H13NO4S/c13-6-5-9-1-3-10(4-2-9)17-12-8-18(15,16)7-11(12)14/h1-4,11-12,14H,5,7-8H2. The third-order valence-corrected chi connectivity index (χ3v) is 4.45. The molecule has 1 fully saturated rings. The summed E-state index contributed by atoms with van der Waals surface area (Å²) in [5.41, 5.74) is 0.865. The monoisotopic (exact) mass is 267 g/mol. The fraction of sp³-hybridized carbons (Fsp3) is 0.417. The van der Waals surface area contributed by atoms with Crippen molar-refractivity contribution in [2.45, 2.75) is 18.6 Å². The van der Waals surface area contributed by atoms with Crippen molar-refractivity contribution in [1.29, 1.82) is 5.26 Å². The second-order valence-electron chi connectivity index (χ2n) is 4.28. The van der Waals surface area contributed by atoms with Crippen molar-refractivity contribution in [3.8, 4) is 11.8 Å². The van der Waals surface area contributed by atoms with E-state index < -0.39 is 22.0 Å². The van der Waals surface area contributed by atoms with Gasteiger partial charge < -0.3 is 9.84 Å². The van der Waals surface area contributed by atoms with E-state index in [4.69, 9.17) is 10.00 Å². The van der Waals surface area contributed by atoms with Gasteiger partial charge in [-0.3, -0.25) is 0 Å². The van der Waals surface area contributed by atoms with Gasteiger partial charge in [0.15, 0.2) is 9.84 Å². The molecule has 1 heterocycles. The van der Waals surface area contributed by atoms with Gasteiger partial charge in [0, 0.05) is 0 Å². The number of nitriles is 1. The molecular formula is C12H13NO4S. The second kappa shape index (κ2) is 4.96. The zero-order chi connectivity index (χ0) is 13.2. The van der Waals surface area contributed by atoms with Crippen molar-refractivity contribution in [3.63, 3.8) is 0 Å². The maximum atomic E-state index is 11.3. The average molecular weight is 267 g/mol. The molecule has 1 aliphatic rings. The van der Waals surface area contributed by atoms with Crippen LogP contribution in [0.1, 0.15) is 5.56 Å². The zero-order valence-electron chi connectivity index (χ0n) is 9.61. The Kier molecular flexibility index (Phi) is 3.55. The minimum Gasteiger partial charge on any atom is -0.487 e. The lowest BCUT2D eigenvalue weighted by atomic mass is 10.1. The van der Waals surface area contributed by atoms with E-state index in [1.54, 1.807) is 24.3 Å². The molecule has 1 aliphatic heterocycles. The molecule has 0 spiro atoms. The predicted octanol–water partition coefficient (Wildman–Crippen LogP) is 0.289. The number of aliphatic hydroxyl groups excluding tert-OH is 1. The first-order valence-electron chi connectivity index (χ1n) is 5.51. The van der Waals surface area contributed by atoms with E-state index in [1.807, 2.05) is 6.07 Å². The van der Waals surface area contributed by atoms with Gasteiger partial charge in [0.2, 0.25) is 0 Å². The maximum absolute atomic E-state index is 11.3. The molecule has 6 heteroatoms. The summed E-state index contributed by atoms with van der Waals surface area (Å²) in [6.07, 6.45) is -1.37. The number of benzene rings is 1. The van der Waals surface area contributed by atoms with Gasteiger partial charge in [-0.15, -0.1) is 0 Å². The van der Waals surface area contributed by atoms with E-state index in [2.05, 4.69) is 0 Å². The van der Waals surface area contributed by atoms with E-state index in [0.29, 0.717) is 12.2 Å². The highest BCUT2D eigenvalue weighted by Crippen LogP contribution is 2.20. The highest BCUT2D eigenvalue weighted by Gasteiger charge is 2.38.